The highest BCUT2D eigenvalue weighted by Crippen LogP contribution is 2.14. The van der Waals surface area contributed by atoms with Gasteiger partial charge in [-0.2, -0.15) is 0 Å². The van der Waals surface area contributed by atoms with Gasteiger partial charge >= 0.3 is 0 Å². The van der Waals surface area contributed by atoms with E-state index in [0.29, 0.717) is 39.2 Å². The van der Waals surface area contributed by atoms with Crippen LogP contribution in [0.4, 0.5) is 0 Å². The summed E-state index contributed by atoms with van der Waals surface area (Å²) in [6, 6.07) is 0. The van der Waals surface area contributed by atoms with Gasteiger partial charge in [-0.05, 0) is 0 Å². The number of hydrogen-bond donors (Lipinski definition) is 0. The maximum absolute atomic E-state index is 5.41. The van der Waals surface area contributed by atoms with Crippen LogP contribution in [0.15, 0.2) is 12.3 Å². The van der Waals surface area contributed by atoms with Crippen molar-refractivity contribution < 1.29 is 23.7 Å². The van der Waals surface area contributed by atoms with Gasteiger partial charge in [0.05, 0.1) is 13.2 Å². The minimum atomic E-state index is -0.141. The van der Waals surface area contributed by atoms with Gasteiger partial charge in [0.1, 0.15) is 38.2 Å². The van der Waals surface area contributed by atoms with Gasteiger partial charge in [0.25, 0.3) is 0 Å². The van der Waals surface area contributed by atoms with E-state index >= 15 is 0 Å². The van der Waals surface area contributed by atoms with E-state index in [9.17, 15) is 0 Å². The van der Waals surface area contributed by atoms with E-state index in [0.717, 1.165) is 0 Å². The van der Waals surface area contributed by atoms with E-state index in [2.05, 4.69) is 6.58 Å². The third-order valence-electron chi connectivity index (χ3n) is 2.13. The lowest BCUT2D eigenvalue weighted by molar-refractivity contribution is 0.00270. The zero-order valence-electron chi connectivity index (χ0n) is 7.94. The van der Waals surface area contributed by atoms with Crippen molar-refractivity contribution in [3.63, 3.8) is 0 Å². The van der Waals surface area contributed by atoms with E-state index in [1.54, 1.807) is 0 Å². The van der Waals surface area contributed by atoms with Crippen LogP contribution in [-0.2, 0) is 23.7 Å². The molecule has 2 aliphatic rings. The molecule has 0 bridgehead atoms. The lowest BCUT2D eigenvalue weighted by Gasteiger charge is -2.15. The quantitative estimate of drug-likeness (QED) is 0.612. The highest BCUT2D eigenvalue weighted by Gasteiger charge is 2.23. The summed E-state index contributed by atoms with van der Waals surface area (Å²) in [6.07, 6.45) is -0.133. The molecule has 0 amide bonds. The lowest BCUT2D eigenvalue weighted by Crippen LogP contribution is -2.21. The fourth-order valence-corrected chi connectivity index (χ4v) is 1.28. The molecule has 0 radical (unpaired) electrons. The van der Waals surface area contributed by atoms with Gasteiger partial charge in [0, 0.05) is 0 Å². The first-order valence-corrected chi connectivity index (χ1v) is 4.56. The minimum absolute atomic E-state index is 0.00840. The molecule has 5 nitrogen and oxygen atoms in total. The Morgan fingerprint density at radius 2 is 2.00 bits per heavy atom. The summed E-state index contributed by atoms with van der Waals surface area (Å²) in [7, 11) is 0. The first-order valence-electron chi connectivity index (χ1n) is 4.56. The fraction of sp³-hybridized carbons (Fsp3) is 0.778. The van der Waals surface area contributed by atoms with Crippen LogP contribution in [0.3, 0.4) is 0 Å². The normalized spacial score (nSPS) is 32.0. The molecule has 80 valence electrons. The van der Waals surface area contributed by atoms with Crippen molar-refractivity contribution in [2.45, 2.75) is 12.2 Å². The molecule has 0 N–H and O–H groups in total. The molecule has 2 unspecified atom stereocenters. The monoisotopic (exact) mass is 202 g/mol. The number of ether oxygens (including phenoxy) is 5. The van der Waals surface area contributed by atoms with Gasteiger partial charge in [-0.1, -0.05) is 6.58 Å². The van der Waals surface area contributed by atoms with Crippen molar-refractivity contribution >= 4 is 0 Å². The first-order chi connectivity index (χ1) is 6.86. The summed E-state index contributed by atoms with van der Waals surface area (Å²) < 4.78 is 25.9. The molecule has 0 saturated carbocycles. The van der Waals surface area contributed by atoms with Crippen LogP contribution in [0.1, 0.15) is 0 Å². The van der Waals surface area contributed by atoms with E-state index in [4.69, 9.17) is 23.7 Å². The van der Waals surface area contributed by atoms with Crippen molar-refractivity contribution in [1.82, 2.24) is 0 Å². The molecule has 0 aromatic carbocycles. The average Bonchev–Trinajstić information content (AvgIpc) is 2.87. The van der Waals surface area contributed by atoms with Gasteiger partial charge in [-0.15, -0.1) is 0 Å². The highest BCUT2D eigenvalue weighted by molar-refractivity contribution is 4.94. The first kappa shape index (κ1) is 9.92. The maximum Gasteiger partial charge on any atom is 0.147 e. The molecule has 0 aromatic heterocycles. The molecule has 14 heavy (non-hydrogen) atoms. The van der Waals surface area contributed by atoms with Gasteiger partial charge in [0.15, 0.2) is 0 Å². The predicted octanol–water partition coefficient (Wildman–Crippen LogP) is 0.262. The molecule has 5 heteroatoms. The van der Waals surface area contributed by atoms with Gasteiger partial charge in [-0.3, -0.25) is 0 Å². The molecular weight excluding hydrogens is 188 g/mol. The smallest absolute Gasteiger partial charge is 0.147 e. The van der Waals surface area contributed by atoms with E-state index in [1.807, 2.05) is 0 Å². The molecule has 2 fully saturated rings. The molecular formula is C9H14O5. The van der Waals surface area contributed by atoms with Crippen LogP contribution in [0.2, 0.25) is 0 Å². The highest BCUT2D eigenvalue weighted by atomic mass is 16.7. The van der Waals surface area contributed by atoms with Crippen molar-refractivity contribution in [3.05, 3.63) is 12.3 Å². The standard InChI is InChI=1S/C9H14O5/c1-7(9-4-11-6-14-9)12-3-8-2-10-5-13-8/h8-9H,1-6H2. The second kappa shape index (κ2) is 4.75. The molecule has 2 heterocycles. The zero-order chi connectivity index (χ0) is 9.80. The largest absolute Gasteiger partial charge is 0.493 e. The Hall–Kier alpha value is -0.620. The van der Waals surface area contributed by atoms with E-state index in [1.165, 1.54) is 0 Å². The van der Waals surface area contributed by atoms with Gasteiger partial charge in [0.2, 0.25) is 0 Å². The second-order valence-electron chi connectivity index (χ2n) is 3.20. The van der Waals surface area contributed by atoms with Crippen LogP contribution in [-0.4, -0.2) is 45.6 Å². The molecule has 0 spiro atoms. The second-order valence-corrected chi connectivity index (χ2v) is 3.20. The molecule has 0 aromatic rings. The maximum atomic E-state index is 5.41. The Morgan fingerprint density at radius 1 is 1.21 bits per heavy atom. The Kier molecular flexibility index (Phi) is 3.36. The van der Waals surface area contributed by atoms with Gasteiger partial charge < -0.3 is 23.7 Å². The van der Waals surface area contributed by atoms with Crippen LogP contribution < -0.4 is 0 Å². The van der Waals surface area contributed by atoms with Crippen LogP contribution >= 0.6 is 0 Å². The summed E-state index contributed by atoms with van der Waals surface area (Å²) in [6.45, 7) is 5.99. The van der Waals surface area contributed by atoms with E-state index in [-0.39, 0.29) is 12.2 Å². The predicted molar refractivity (Wildman–Crippen MR) is 46.5 cm³/mol. The Bertz CT molecular complexity index is 193. The van der Waals surface area contributed by atoms with E-state index < -0.39 is 0 Å². The minimum Gasteiger partial charge on any atom is -0.493 e. The molecule has 2 rings (SSSR count). The summed E-state index contributed by atoms with van der Waals surface area (Å²) in [5.41, 5.74) is 0. The molecule has 2 aliphatic heterocycles. The molecule has 0 aliphatic carbocycles. The fourth-order valence-electron chi connectivity index (χ4n) is 1.28. The van der Waals surface area contributed by atoms with Crippen molar-refractivity contribution in [2.24, 2.45) is 0 Å². The number of hydrogen-bond acceptors (Lipinski definition) is 5. The topological polar surface area (TPSA) is 46.2 Å². The van der Waals surface area contributed by atoms with Crippen LogP contribution in [0.25, 0.3) is 0 Å². The Balaban J connectivity index is 1.66. The molecule has 2 saturated heterocycles. The summed E-state index contributed by atoms with van der Waals surface area (Å²) in [5, 5.41) is 0. The van der Waals surface area contributed by atoms with Crippen molar-refractivity contribution in [1.29, 1.82) is 0 Å². The van der Waals surface area contributed by atoms with Gasteiger partial charge in [-0.25, -0.2) is 0 Å². The number of rotatable bonds is 4. The average molecular weight is 202 g/mol. The van der Waals surface area contributed by atoms with Crippen molar-refractivity contribution in [2.75, 3.05) is 33.4 Å². The third kappa shape index (κ3) is 2.45. The lowest BCUT2D eigenvalue weighted by atomic mass is 10.3. The van der Waals surface area contributed by atoms with Crippen LogP contribution in [0.5, 0.6) is 0 Å². The summed E-state index contributed by atoms with van der Waals surface area (Å²) in [5.74, 6) is 0.595. The SMILES string of the molecule is C=C(OCC1COCO1)C1COCO1. The summed E-state index contributed by atoms with van der Waals surface area (Å²) in [4.78, 5) is 0. The summed E-state index contributed by atoms with van der Waals surface area (Å²) >= 11 is 0. The molecule has 2 atom stereocenters. The Labute approximate surface area is 82.5 Å². The zero-order valence-corrected chi connectivity index (χ0v) is 7.94. The van der Waals surface area contributed by atoms with Crippen LogP contribution in [0, 0.1) is 0 Å². The van der Waals surface area contributed by atoms with Crippen molar-refractivity contribution in [3.8, 4) is 0 Å². The Morgan fingerprint density at radius 3 is 2.64 bits per heavy atom. The third-order valence-corrected chi connectivity index (χ3v) is 2.13.